The Labute approximate surface area is 314 Å². The Morgan fingerprint density at radius 1 is 0.818 bits per heavy atom. The van der Waals surface area contributed by atoms with Gasteiger partial charge in [0.2, 0.25) is 0 Å². The number of methoxy groups -OCH3 is 3. The molecule has 0 aliphatic rings. The summed E-state index contributed by atoms with van der Waals surface area (Å²) in [6.45, 7) is 0.242. The minimum atomic E-state index is -6.22. The number of carbonyl (C=O) groups excluding carboxylic acids is 2. The molecule has 3 N–H and O–H groups in total. The summed E-state index contributed by atoms with van der Waals surface area (Å²) in [5.41, 5.74) is 0. The van der Waals surface area contributed by atoms with E-state index < -0.39 is 66.1 Å². The van der Waals surface area contributed by atoms with E-state index >= 15 is 0 Å². The number of halogens is 7. The molecule has 0 aromatic rings. The van der Waals surface area contributed by atoms with E-state index in [1.165, 1.54) is 7.11 Å². The Morgan fingerprint density at radius 3 is 1.41 bits per heavy atom. The predicted octanol–water partition coefficient (Wildman–Crippen LogP) is -10.6. The van der Waals surface area contributed by atoms with Crippen molar-refractivity contribution in [3.8, 4) is 0 Å². The molecule has 0 rings (SSSR count). The molecule has 0 aliphatic carbocycles. The Kier molecular flexibility index (Phi) is 44.9. The van der Waals surface area contributed by atoms with Crippen molar-refractivity contribution >= 4 is 50.3 Å². The van der Waals surface area contributed by atoms with Gasteiger partial charge in [0, 0.05) is 14.2 Å². The van der Waals surface area contributed by atoms with Gasteiger partial charge in [-0.25, -0.2) is 22.8 Å². The van der Waals surface area contributed by atoms with Gasteiger partial charge < -0.3 is 44.4 Å². The van der Waals surface area contributed by atoms with Crippen LogP contribution in [0.25, 0.3) is 0 Å². The van der Waals surface area contributed by atoms with E-state index in [1.807, 2.05) is 0 Å². The first-order valence-corrected chi connectivity index (χ1v) is 12.2. The summed E-state index contributed by atoms with van der Waals surface area (Å²) >= 11 is -0.739. The molecule has 250 valence electrons. The molecule has 0 aromatic carbocycles. The number of carboxylic acids is 1. The van der Waals surface area contributed by atoms with E-state index in [0.717, 1.165) is 0 Å². The maximum atomic E-state index is 12.5. The van der Waals surface area contributed by atoms with Gasteiger partial charge in [-0.05, 0) is 0 Å². The van der Waals surface area contributed by atoms with Crippen molar-refractivity contribution < 1.29 is 204 Å². The maximum Gasteiger partial charge on any atom is 1.00 e. The van der Waals surface area contributed by atoms with Gasteiger partial charge in [-0.2, -0.15) is 39.1 Å². The van der Waals surface area contributed by atoms with Crippen LogP contribution in [0.2, 0.25) is 0 Å². The second-order valence-electron chi connectivity index (χ2n) is 5.30. The third-order valence-corrected chi connectivity index (χ3v) is 4.59. The van der Waals surface area contributed by atoms with Crippen molar-refractivity contribution in [2.24, 2.45) is 0 Å². The number of alkyl halides is 6. The van der Waals surface area contributed by atoms with Crippen molar-refractivity contribution in [2.45, 2.75) is 15.8 Å². The Bertz CT molecular complexity index is 975. The first-order chi connectivity index (χ1) is 17.9. The average Bonchev–Trinajstić information content (AvgIpc) is 2.82. The number of aliphatic hydroxyl groups is 1. The van der Waals surface area contributed by atoms with Gasteiger partial charge in [-0.1, -0.05) is 3.89 Å². The predicted molar refractivity (Wildman–Crippen MR) is 108 cm³/mol. The fraction of sp³-hybridized carbons (Fsp3) is 0.769. The van der Waals surface area contributed by atoms with Crippen LogP contribution in [0, 0.1) is 0 Å². The van der Waals surface area contributed by atoms with Crippen LogP contribution in [0.3, 0.4) is 0 Å². The second-order valence-corrected chi connectivity index (χ2v) is 8.93. The molecule has 0 aliphatic heterocycles. The number of aliphatic hydroxyl groups excluding tert-OH is 1. The molecule has 0 amide bonds. The third kappa shape index (κ3) is 29.0. The average molecular weight is 762 g/mol. The maximum absolute atomic E-state index is 12.5. The minimum Gasteiger partial charge on any atom is -0.870 e. The van der Waals surface area contributed by atoms with Gasteiger partial charge in [0.05, 0.1) is 26.9 Å². The van der Waals surface area contributed by atoms with E-state index in [0.29, 0.717) is 13.7 Å². The van der Waals surface area contributed by atoms with Crippen LogP contribution in [0.1, 0.15) is 0 Å². The minimum absolute atomic E-state index is 0. The Morgan fingerprint density at radius 2 is 1.23 bits per heavy atom. The molecule has 0 aromatic heterocycles. The van der Waals surface area contributed by atoms with E-state index in [2.05, 4.69) is 28.3 Å². The van der Waals surface area contributed by atoms with Gasteiger partial charge in [-0.15, -0.1) is 0 Å². The molecule has 18 nitrogen and oxygen atoms in total. The molecule has 0 unspecified atom stereocenters. The molecule has 0 fully saturated rings. The molecule has 0 spiro atoms. The molecule has 0 saturated carbocycles. The standard InChI is InChI=1S/C5H8F2O6S.C3H3F3O4S.C3H8O2.C2H2F2O5S.3Na.H2O/c1-10-2-3-11-4(8)5(6,7)14-13-12-9;1-10-2(7)3(4,5)11(6,8)9;1-5-3-2-4;3-2(4,1(5)6)10(7,8)9;;;;/h9H,2-3H2,1H3;1H3;4H,2-3H2,1H3;(H,5,6)(H,7,8,9);;;;1H2/q;;;;3*+1;/p-3. The zero-order chi connectivity index (χ0) is 33.0. The van der Waals surface area contributed by atoms with Crippen LogP contribution in [0.4, 0.5) is 30.2 Å². The van der Waals surface area contributed by atoms with Crippen molar-refractivity contribution in [3.05, 3.63) is 0 Å². The molecule has 0 radical (unpaired) electrons. The second kappa shape index (κ2) is 31.1. The number of hydrogen-bond donors (Lipinski definition) is 2. The van der Waals surface area contributed by atoms with Crippen LogP contribution in [0.15, 0.2) is 0 Å². The van der Waals surface area contributed by atoms with E-state index in [1.54, 1.807) is 7.11 Å². The van der Waals surface area contributed by atoms with Crippen molar-refractivity contribution in [1.29, 1.82) is 0 Å². The van der Waals surface area contributed by atoms with Crippen molar-refractivity contribution in [3.63, 3.8) is 0 Å². The number of esters is 2. The van der Waals surface area contributed by atoms with Crippen LogP contribution in [-0.4, -0.2) is 119 Å². The molecule has 0 heterocycles. The zero-order valence-corrected chi connectivity index (χ0v) is 31.6. The molecule has 31 heteroatoms. The van der Waals surface area contributed by atoms with Gasteiger partial charge in [0.15, 0.2) is 10.1 Å². The summed E-state index contributed by atoms with van der Waals surface area (Å²) in [6.07, 6.45) is 0. The molecule has 0 saturated heterocycles. The molecular formula is C13H20F7Na3O18S3. The van der Waals surface area contributed by atoms with E-state index in [-0.39, 0.29) is 114 Å². The number of ether oxygens (including phenoxy) is 4. The summed E-state index contributed by atoms with van der Waals surface area (Å²) in [5.74, 6) is -7.25. The fourth-order valence-electron chi connectivity index (χ4n) is 0.809. The summed E-state index contributed by atoms with van der Waals surface area (Å²) in [7, 11) is -8.92. The van der Waals surface area contributed by atoms with Gasteiger partial charge in [0.1, 0.15) is 18.6 Å². The van der Waals surface area contributed by atoms with Gasteiger partial charge in [0.25, 0.3) is 0 Å². The Hall–Kier alpha value is 0.850. The third-order valence-electron chi connectivity index (χ3n) is 2.51. The zero-order valence-electron chi connectivity index (χ0n) is 23.2. The number of rotatable bonds is 13. The first kappa shape index (κ1) is 63.5. The van der Waals surface area contributed by atoms with Gasteiger partial charge >= 0.3 is 133 Å². The summed E-state index contributed by atoms with van der Waals surface area (Å²) in [5, 5.41) is 12.9. The van der Waals surface area contributed by atoms with Crippen molar-refractivity contribution in [2.75, 3.05) is 47.8 Å². The quantitative estimate of drug-likeness (QED) is 0.0203. The Balaban J connectivity index is -0.0000000662. The summed E-state index contributed by atoms with van der Waals surface area (Å²) < 4.78 is 150. The van der Waals surface area contributed by atoms with Crippen LogP contribution < -0.4 is 93.9 Å². The SMILES string of the molecule is COC(=O)C(F)(F)S(=O)(=O)F.COCCO.COCCOC(=O)C(F)(F)SOO[O-].O=C(O)C(F)(F)S(=O)(=O)[O-].[Na+].[Na+].[Na+].[OH-]. The van der Waals surface area contributed by atoms with E-state index in [9.17, 15) is 71.3 Å². The molecular weight excluding hydrogens is 742 g/mol. The largest absolute Gasteiger partial charge is 1.00 e. The number of carbonyl (C=O) groups is 3. The molecule has 44 heavy (non-hydrogen) atoms. The normalized spacial score (nSPS) is 10.8. The van der Waals surface area contributed by atoms with E-state index in [4.69, 9.17) is 10.2 Å². The topological polar surface area (TPSA) is 291 Å². The summed E-state index contributed by atoms with van der Waals surface area (Å²) in [6, 6.07) is 0. The van der Waals surface area contributed by atoms with Crippen LogP contribution in [-0.2, 0) is 63.0 Å². The number of carboxylic acid groups (broad SMARTS) is 1. The van der Waals surface area contributed by atoms with Crippen molar-refractivity contribution in [1.82, 2.24) is 0 Å². The summed E-state index contributed by atoms with van der Waals surface area (Å²) in [4.78, 5) is 29.8. The van der Waals surface area contributed by atoms with Crippen LogP contribution in [0.5, 0.6) is 0 Å². The number of hydrogen-bond acceptors (Lipinski definition) is 18. The molecule has 0 atom stereocenters. The smallest absolute Gasteiger partial charge is 0.870 e. The number of aliphatic carboxylic acids is 1. The van der Waals surface area contributed by atoms with Crippen LogP contribution >= 0.6 is 12.0 Å². The first-order valence-electron chi connectivity index (χ1n) is 8.64. The van der Waals surface area contributed by atoms with Gasteiger partial charge in [-0.3, -0.25) is 5.04 Å². The fourth-order valence-corrected chi connectivity index (χ4v) is 1.55. The monoisotopic (exact) mass is 762 g/mol. The molecule has 0 bridgehead atoms.